The number of benzene rings is 1. The summed E-state index contributed by atoms with van der Waals surface area (Å²) in [7, 11) is 2.85. The summed E-state index contributed by atoms with van der Waals surface area (Å²) in [5, 5.41) is 9.51. The second-order valence-corrected chi connectivity index (χ2v) is 7.10. The fraction of sp³-hybridized carbons (Fsp3) is 0.458. The van der Waals surface area contributed by atoms with E-state index in [9.17, 15) is 14.7 Å². The number of carbonyl (C=O) groups is 2. The molecule has 0 amide bonds. The smallest absolute Gasteiger partial charge is 0.335 e. The first kappa shape index (κ1) is 23.5. The van der Waals surface area contributed by atoms with E-state index in [1.165, 1.54) is 7.11 Å². The first-order chi connectivity index (χ1) is 14.5. The van der Waals surface area contributed by atoms with Crippen molar-refractivity contribution in [3.63, 3.8) is 0 Å². The number of allylic oxidation sites excluding steroid dienone is 1. The quantitative estimate of drug-likeness (QED) is 0.258. The molecule has 0 radical (unpaired) electrons. The van der Waals surface area contributed by atoms with Crippen LogP contribution in [-0.4, -0.2) is 43.8 Å². The van der Waals surface area contributed by atoms with Crippen molar-refractivity contribution >= 4 is 11.8 Å². The van der Waals surface area contributed by atoms with Crippen molar-refractivity contribution in [1.29, 1.82) is 0 Å². The van der Waals surface area contributed by atoms with E-state index in [1.807, 2.05) is 24.3 Å². The van der Waals surface area contributed by atoms with Crippen molar-refractivity contribution in [2.24, 2.45) is 11.8 Å². The van der Waals surface area contributed by atoms with Crippen LogP contribution in [0.1, 0.15) is 32.1 Å². The number of rotatable bonds is 11. The third-order valence-electron chi connectivity index (χ3n) is 5.05. The van der Waals surface area contributed by atoms with E-state index in [2.05, 4.69) is 22.6 Å². The molecule has 3 atom stereocenters. The lowest BCUT2D eigenvalue weighted by Gasteiger charge is -2.12. The standard InChI is InChI=1S/C24H30O6/c1-28-19-10-8-11-20(17-19)30-16-7-6-9-18-14-15-22(25)21(18)12-4-3-5-13-23(26)24(27)29-2/h4-6,8-11,17-18,21,23,26H,7,12-16H2,1-2H3/b9-6+/t3?,18-,21+,23?/m0/s1. The van der Waals surface area contributed by atoms with Gasteiger partial charge in [-0.05, 0) is 49.5 Å². The zero-order chi connectivity index (χ0) is 21.8. The highest BCUT2D eigenvalue weighted by Crippen LogP contribution is 2.32. The van der Waals surface area contributed by atoms with E-state index >= 15 is 0 Å². The monoisotopic (exact) mass is 414 g/mol. The highest BCUT2D eigenvalue weighted by atomic mass is 16.5. The second-order valence-electron chi connectivity index (χ2n) is 7.10. The molecule has 0 aliphatic heterocycles. The predicted octanol–water partition coefficient (Wildman–Crippen LogP) is 3.64. The molecule has 162 valence electrons. The van der Waals surface area contributed by atoms with Gasteiger partial charge in [0, 0.05) is 24.8 Å². The van der Waals surface area contributed by atoms with Gasteiger partial charge >= 0.3 is 5.97 Å². The molecule has 0 bridgehead atoms. The molecule has 0 saturated heterocycles. The lowest BCUT2D eigenvalue weighted by atomic mass is 9.91. The molecular weight excluding hydrogens is 384 g/mol. The maximum absolute atomic E-state index is 12.2. The van der Waals surface area contributed by atoms with Crippen molar-refractivity contribution in [3.8, 4) is 11.5 Å². The molecule has 1 unspecified atom stereocenters. The van der Waals surface area contributed by atoms with Crippen LogP contribution < -0.4 is 9.47 Å². The Bertz CT molecular complexity index is 791. The van der Waals surface area contributed by atoms with Crippen LogP contribution in [0.5, 0.6) is 11.5 Å². The fourth-order valence-electron chi connectivity index (χ4n) is 3.37. The van der Waals surface area contributed by atoms with E-state index in [1.54, 1.807) is 19.3 Å². The van der Waals surface area contributed by atoms with Gasteiger partial charge < -0.3 is 19.3 Å². The molecule has 30 heavy (non-hydrogen) atoms. The normalized spacial score (nSPS) is 19.2. The summed E-state index contributed by atoms with van der Waals surface area (Å²) in [5.74, 6) is 1.30. The van der Waals surface area contributed by atoms with Crippen LogP contribution in [0.3, 0.4) is 0 Å². The first-order valence-electron chi connectivity index (χ1n) is 10.2. The number of Topliss-reactive ketones (excluding diaryl/α,β-unsaturated/α-hetero) is 1. The predicted molar refractivity (Wildman–Crippen MR) is 113 cm³/mol. The highest BCUT2D eigenvalue weighted by Gasteiger charge is 2.31. The van der Waals surface area contributed by atoms with Crippen molar-refractivity contribution in [1.82, 2.24) is 0 Å². The Morgan fingerprint density at radius 1 is 1.30 bits per heavy atom. The largest absolute Gasteiger partial charge is 0.497 e. The number of esters is 1. The molecule has 0 aromatic heterocycles. The van der Waals surface area contributed by atoms with Gasteiger partial charge in [-0.15, -0.1) is 5.73 Å². The maximum atomic E-state index is 12.2. The summed E-state index contributed by atoms with van der Waals surface area (Å²) in [4.78, 5) is 23.3. The van der Waals surface area contributed by atoms with Crippen LogP contribution in [0.25, 0.3) is 0 Å². The molecule has 1 fully saturated rings. The maximum Gasteiger partial charge on any atom is 0.335 e. The molecule has 0 spiro atoms. The Morgan fingerprint density at radius 2 is 2.10 bits per heavy atom. The molecule has 1 N–H and O–H groups in total. The molecule has 1 aliphatic rings. The summed E-state index contributed by atoms with van der Waals surface area (Å²) in [6, 6.07) is 7.49. The SMILES string of the molecule is COC(=O)C(O)CC=C=CC[C@H]1C(=O)CC[C@@H]1/C=C/CCOc1cccc(OC)c1. The van der Waals surface area contributed by atoms with Gasteiger partial charge in [-0.3, -0.25) is 4.79 Å². The Kier molecular flexibility index (Phi) is 9.92. The zero-order valence-electron chi connectivity index (χ0n) is 17.6. The van der Waals surface area contributed by atoms with E-state index in [0.29, 0.717) is 19.4 Å². The number of aliphatic hydroxyl groups excluding tert-OH is 1. The number of aliphatic hydroxyl groups is 1. The number of ether oxygens (including phenoxy) is 3. The van der Waals surface area contributed by atoms with E-state index in [4.69, 9.17) is 9.47 Å². The van der Waals surface area contributed by atoms with Gasteiger partial charge in [-0.1, -0.05) is 18.2 Å². The first-order valence-corrected chi connectivity index (χ1v) is 10.2. The molecule has 0 heterocycles. The molecule has 2 rings (SSSR count). The van der Waals surface area contributed by atoms with E-state index in [-0.39, 0.29) is 24.0 Å². The van der Waals surface area contributed by atoms with Gasteiger partial charge in [0.05, 0.1) is 20.8 Å². The zero-order valence-corrected chi connectivity index (χ0v) is 17.6. The summed E-state index contributed by atoms with van der Waals surface area (Å²) >= 11 is 0. The van der Waals surface area contributed by atoms with Crippen LogP contribution in [0.2, 0.25) is 0 Å². The lowest BCUT2D eigenvalue weighted by Crippen LogP contribution is -2.20. The van der Waals surface area contributed by atoms with Crippen LogP contribution in [-0.2, 0) is 14.3 Å². The van der Waals surface area contributed by atoms with Gasteiger partial charge in [0.2, 0.25) is 0 Å². The van der Waals surface area contributed by atoms with E-state index < -0.39 is 12.1 Å². The molecule has 1 aromatic rings. The minimum atomic E-state index is -1.18. The Hall–Kier alpha value is -2.82. The molecule has 6 heteroatoms. The Morgan fingerprint density at radius 3 is 2.87 bits per heavy atom. The van der Waals surface area contributed by atoms with Crippen molar-refractivity contribution in [3.05, 3.63) is 54.3 Å². The van der Waals surface area contributed by atoms with Crippen LogP contribution >= 0.6 is 0 Å². The van der Waals surface area contributed by atoms with Crippen LogP contribution in [0, 0.1) is 11.8 Å². The highest BCUT2D eigenvalue weighted by molar-refractivity contribution is 5.83. The molecule has 1 aromatic carbocycles. The Balaban J connectivity index is 1.77. The fourth-order valence-corrected chi connectivity index (χ4v) is 3.37. The molecular formula is C24H30O6. The number of hydrogen-bond donors (Lipinski definition) is 1. The average Bonchev–Trinajstić information content (AvgIpc) is 3.12. The summed E-state index contributed by atoms with van der Waals surface area (Å²) in [6.45, 7) is 0.556. The average molecular weight is 414 g/mol. The molecule has 1 aliphatic carbocycles. The number of methoxy groups -OCH3 is 2. The number of ketones is 1. The van der Waals surface area contributed by atoms with Crippen molar-refractivity contribution in [2.45, 2.75) is 38.2 Å². The van der Waals surface area contributed by atoms with Crippen molar-refractivity contribution in [2.75, 3.05) is 20.8 Å². The summed E-state index contributed by atoms with van der Waals surface area (Å²) in [5.41, 5.74) is 2.94. The second kappa shape index (κ2) is 12.7. The van der Waals surface area contributed by atoms with Gasteiger partial charge in [0.1, 0.15) is 17.3 Å². The van der Waals surface area contributed by atoms with Gasteiger partial charge in [0.15, 0.2) is 6.10 Å². The topological polar surface area (TPSA) is 82.1 Å². The Labute approximate surface area is 177 Å². The number of carbonyl (C=O) groups excluding carboxylic acids is 2. The van der Waals surface area contributed by atoms with E-state index in [0.717, 1.165) is 24.3 Å². The number of hydrogen-bond acceptors (Lipinski definition) is 6. The lowest BCUT2D eigenvalue weighted by molar-refractivity contribution is -0.150. The van der Waals surface area contributed by atoms with Gasteiger partial charge in [-0.2, -0.15) is 0 Å². The van der Waals surface area contributed by atoms with Crippen molar-refractivity contribution < 1.29 is 28.9 Å². The van der Waals surface area contributed by atoms with Gasteiger partial charge in [0.25, 0.3) is 0 Å². The molecule has 1 saturated carbocycles. The van der Waals surface area contributed by atoms with Crippen LogP contribution in [0.15, 0.2) is 54.3 Å². The third-order valence-corrected chi connectivity index (χ3v) is 5.05. The molecule has 6 nitrogen and oxygen atoms in total. The van der Waals surface area contributed by atoms with Crippen LogP contribution in [0.4, 0.5) is 0 Å². The third kappa shape index (κ3) is 7.54. The summed E-state index contributed by atoms with van der Waals surface area (Å²) < 4.78 is 15.4. The minimum Gasteiger partial charge on any atom is -0.497 e. The van der Waals surface area contributed by atoms with Gasteiger partial charge in [-0.25, -0.2) is 4.79 Å². The summed E-state index contributed by atoms with van der Waals surface area (Å²) in [6.07, 6.45) is 9.33. The minimum absolute atomic E-state index is 0.0491.